The number of carbonyl (C=O) groups is 1. The minimum absolute atomic E-state index is 0.145. The predicted molar refractivity (Wildman–Crippen MR) is 117 cm³/mol. The van der Waals surface area contributed by atoms with Gasteiger partial charge in [-0.05, 0) is 61.0 Å². The zero-order chi connectivity index (χ0) is 20.5. The molecule has 0 saturated heterocycles. The molecule has 0 aliphatic heterocycles. The molecule has 0 unspecified atom stereocenters. The molecule has 3 aromatic carbocycles. The van der Waals surface area contributed by atoms with Crippen LogP contribution in [0.1, 0.15) is 5.56 Å². The number of anilines is 2. The molecule has 29 heavy (non-hydrogen) atoms. The van der Waals surface area contributed by atoms with Crippen LogP contribution >= 0.6 is 11.6 Å². The summed E-state index contributed by atoms with van der Waals surface area (Å²) in [6.45, 7) is 2.93. The number of amides is 1. The van der Waals surface area contributed by atoms with E-state index in [-0.39, 0.29) is 12.5 Å². The summed E-state index contributed by atoms with van der Waals surface area (Å²) < 4.78 is 11.3. The lowest BCUT2D eigenvalue weighted by molar-refractivity contribution is -0.114. The van der Waals surface area contributed by atoms with E-state index >= 15 is 0 Å². The number of rotatable bonds is 9. The Morgan fingerprint density at radius 1 is 0.862 bits per heavy atom. The van der Waals surface area contributed by atoms with Gasteiger partial charge in [-0.3, -0.25) is 4.79 Å². The van der Waals surface area contributed by atoms with Crippen LogP contribution in [0.4, 0.5) is 11.4 Å². The Balaban J connectivity index is 1.39. The normalized spacial score (nSPS) is 10.3. The van der Waals surface area contributed by atoms with Crippen LogP contribution < -0.4 is 20.1 Å². The van der Waals surface area contributed by atoms with E-state index in [1.807, 2.05) is 73.7 Å². The molecule has 1 amide bonds. The molecule has 0 radical (unpaired) electrons. The van der Waals surface area contributed by atoms with Crippen molar-refractivity contribution in [2.45, 2.75) is 6.92 Å². The molecule has 0 atom stereocenters. The van der Waals surface area contributed by atoms with E-state index in [2.05, 4.69) is 10.6 Å². The second kappa shape index (κ2) is 10.4. The first kappa shape index (κ1) is 20.6. The van der Waals surface area contributed by atoms with E-state index in [4.69, 9.17) is 21.1 Å². The van der Waals surface area contributed by atoms with Crippen molar-refractivity contribution in [2.75, 3.05) is 30.4 Å². The highest BCUT2D eigenvalue weighted by molar-refractivity contribution is 6.31. The van der Waals surface area contributed by atoms with Gasteiger partial charge < -0.3 is 20.1 Å². The van der Waals surface area contributed by atoms with E-state index < -0.39 is 0 Å². The highest BCUT2D eigenvalue weighted by atomic mass is 35.5. The fourth-order valence-corrected chi connectivity index (χ4v) is 2.80. The lowest BCUT2D eigenvalue weighted by atomic mass is 10.2. The van der Waals surface area contributed by atoms with Crippen LogP contribution in [0.2, 0.25) is 5.02 Å². The zero-order valence-corrected chi connectivity index (χ0v) is 16.9. The van der Waals surface area contributed by atoms with Crippen molar-refractivity contribution < 1.29 is 14.3 Å². The molecule has 0 saturated carbocycles. The minimum atomic E-state index is -0.145. The van der Waals surface area contributed by atoms with Gasteiger partial charge in [-0.15, -0.1) is 0 Å². The summed E-state index contributed by atoms with van der Waals surface area (Å²) in [4.78, 5) is 12.2. The molecule has 3 aromatic rings. The second-order valence-electron chi connectivity index (χ2n) is 6.35. The van der Waals surface area contributed by atoms with E-state index in [9.17, 15) is 4.79 Å². The molecule has 5 nitrogen and oxygen atoms in total. The summed E-state index contributed by atoms with van der Waals surface area (Å²) in [7, 11) is 0. The third kappa shape index (κ3) is 6.43. The van der Waals surface area contributed by atoms with Gasteiger partial charge in [0.1, 0.15) is 24.7 Å². The van der Waals surface area contributed by atoms with Gasteiger partial charge in [-0.2, -0.15) is 0 Å². The Hall–Kier alpha value is -3.18. The molecule has 150 valence electrons. The van der Waals surface area contributed by atoms with E-state index in [1.54, 1.807) is 6.07 Å². The monoisotopic (exact) mass is 410 g/mol. The van der Waals surface area contributed by atoms with Crippen molar-refractivity contribution >= 4 is 28.9 Å². The number of nitrogens with one attached hydrogen (secondary N) is 2. The summed E-state index contributed by atoms with van der Waals surface area (Å²) in [5, 5.41) is 6.57. The zero-order valence-electron chi connectivity index (χ0n) is 16.2. The molecule has 0 heterocycles. The van der Waals surface area contributed by atoms with Gasteiger partial charge in [0, 0.05) is 16.4 Å². The molecule has 0 bridgehead atoms. The summed E-state index contributed by atoms with van der Waals surface area (Å²) in [6.07, 6.45) is 0. The first-order valence-electron chi connectivity index (χ1n) is 9.31. The maximum Gasteiger partial charge on any atom is 0.243 e. The first-order chi connectivity index (χ1) is 14.1. The van der Waals surface area contributed by atoms with Gasteiger partial charge in [0.15, 0.2) is 0 Å². The Morgan fingerprint density at radius 2 is 1.52 bits per heavy atom. The van der Waals surface area contributed by atoms with Gasteiger partial charge in [0.2, 0.25) is 5.91 Å². The van der Waals surface area contributed by atoms with Crippen LogP contribution in [0.5, 0.6) is 11.5 Å². The average Bonchev–Trinajstić information content (AvgIpc) is 2.75. The lowest BCUT2D eigenvalue weighted by Crippen LogP contribution is -2.22. The van der Waals surface area contributed by atoms with Gasteiger partial charge in [-0.25, -0.2) is 0 Å². The standard InChI is InChI=1S/C23H23ClN2O3/c1-17-21(24)8-5-9-22(17)26-23(27)16-25-18-10-12-20(13-11-18)29-15-14-28-19-6-3-2-4-7-19/h2-13,25H,14-16H2,1H3,(H,26,27). The topological polar surface area (TPSA) is 59.6 Å². The Kier molecular flexibility index (Phi) is 7.36. The molecule has 2 N–H and O–H groups in total. The van der Waals surface area contributed by atoms with Gasteiger partial charge in [0.25, 0.3) is 0 Å². The minimum Gasteiger partial charge on any atom is -0.490 e. The molecule has 0 aliphatic rings. The number of hydrogen-bond donors (Lipinski definition) is 2. The number of halogens is 1. The Bertz CT molecular complexity index is 931. The maximum atomic E-state index is 12.2. The average molecular weight is 411 g/mol. The number of hydrogen-bond acceptors (Lipinski definition) is 4. The quantitative estimate of drug-likeness (QED) is 0.478. The molecule has 0 fully saturated rings. The summed E-state index contributed by atoms with van der Waals surface area (Å²) >= 11 is 6.08. The van der Waals surface area contributed by atoms with Crippen LogP contribution in [-0.4, -0.2) is 25.7 Å². The van der Waals surface area contributed by atoms with Gasteiger partial charge in [-0.1, -0.05) is 35.9 Å². The fourth-order valence-electron chi connectivity index (χ4n) is 2.62. The third-order valence-corrected chi connectivity index (χ3v) is 4.62. The third-order valence-electron chi connectivity index (χ3n) is 4.21. The van der Waals surface area contributed by atoms with Crippen molar-refractivity contribution in [3.8, 4) is 11.5 Å². The number of benzene rings is 3. The van der Waals surface area contributed by atoms with E-state index in [0.29, 0.717) is 23.9 Å². The van der Waals surface area contributed by atoms with Crippen LogP contribution in [0.25, 0.3) is 0 Å². The second-order valence-corrected chi connectivity index (χ2v) is 6.76. The SMILES string of the molecule is Cc1c(Cl)cccc1NC(=O)CNc1ccc(OCCOc2ccccc2)cc1. The van der Waals surface area contributed by atoms with Crippen LogP contribution in [0, 0.1) is 6.92 Å². The summed E-state index contributed by atoms with van der Waals surface area (Å²) in [5.41, 5.74) is 2.39. The molecule has 0 spiro atoms. The smallest absolute Gasteiger partial charge is 0.243 e. The van der Waals surface area contributed by atoms with Crippen molar-refractivity contribution in [2.24, 2.45) is 0 Å². The van der Waals surface area contributed by atoms with E-state index in [1.165, 1.54) is 0 Å². The summed E-state index contributed by atoms with van der Waals surface area (Å²) in [5.74, 6) is 1.42. The maximum absolute atomic E-state index is 12.2. The van der Waals surface area contributed by atoms with E-state index in [0.717, 1.165) is 22.7 Å². The van der Waals surface area contributed by atoms with Gasteiger partial charge in [0.05, 0.1) is 6.54 Å². The fraction of sp³-hybridized carbons (Fsp3) is 0.174. The molecule has 0 aliphatic carbocycles. The molecule has 3 rings (SSSR count). The largest absolute Gasteiger partial charge is 0.490 e. The Labute approximate surface area is 175 Å². The van der Waals surface area contributed by atoms with Crippen molar-refractivity contribution in [1.82, 2.24) is 0 Å². The molecule has 0 aromatic heterocycles. The van der Waals surface area contributed by atoms with Gasteiger partial charge >= 0.3 is 0 Å². The van der Waals surface area contributed by atoms with Crippen LogP contribution in [0.3, 0.4) is 0 Å². The summed E-state index contributed by atoms with van der Waals surface area (Å²) in [6, 6.07) is 22.5. The number of carbonyl (C=O) groups excluding carboxylic acids is 1. The Morgan fingerprint density at radius 3 is 2.21 bits per heavy atom. The number of ether oxygens (including phenoxy) is 2. The van der Waals surface area contributed by atoms with Crippen molar-refractivity contribution in [3.05, 3.63) is 83.4 Å². The highest BCUT2D eigenvalue weighted by Crippen LogP contribution is 2.23. The highest BCUT2D eigenvalue weighted by Gasteiger charge is 2.06. The molecular weight excluding hydrogens is 388 g/mol. The number of para-hydroxylation sites is 1. The molecular formula is C23H23ClN2O3. The van der Waals surface area contributed by atoms with Crippen molar-refractivity contribution in [3.63, 3.8) is 0 Å². The van der Waals surface area contributed by atoms with Crippen molar-refractivity contribution in [1.29, 1.82) is 0 Å². The molecule has 6 heteroatoms. The predicted octanol–water partition coefficient (Wildman–Crippen LogP) is 5.16. The van der Waals surface area contributed by atoms with Crippen LogP contribution in [0.15, 0.2) is 72.8 Å². The first-order valence-corrected chi connectivity index (χ1v) is 9.69. The lowest BCUT2D eigenvalue weighted by Gasteiger charge is -2.11. The van der Waals surface area contributed by atoms with Crippen LogP contribution in [-0.2, 0) is 4.79 Å².